The lowest BCUT2D eigenvalue weighted by Crippen LogP contribution is -2.45. The number of hydrogen-bond donors (Lipinski definition) is 0. The van der Waals surface area contributed by atoms with Gasteiger partial charge in [-0.05, 0) is 31.6 Å². The van der Waals surface area contributed by atoms with Gasteiger partial charge in [0, 0.05) is 19.1 Å². The van der Waals surface area contributed by atoms with Crippen molar-refractivity contribution < 1.29 is 4.74 Å². The second kappa shape index (κ2) is 8.71. The van der Waals surface area contributed by atoms with Crippen LogP contribution in [0.2, 0.25) is 0 Å². The second-order valence-corrected chi connectivity index (χ2v) is 7.92. The molecule has 0 amide bonds. The fourth-order valence-corrected chi connectivity index (χ4v) is 3.08. The van der Waals surface area contributed by atoms with Crippen molar-refractivity contribution in [1.82, 2.24) is 4.90 Å². The molecule has 1 heterocycles. The molecule has 0 spiro atoms. The highest BCUT2D eigenvalue weighted by Crippen LogP contribution is 2.28. The molecular weight excluding hydrogens is 272 g/mol. The van der Waals surface area contributed by atoms with Crippen LogP contribution >= 0.6 is 0 Å². The average molecular weight is 309 g/mol. The number of amidine groups is 1. The largest absolute Gasteiger partial charge is 0.383 e. The first-order chi connectivity index (χ1) is 10.3. The molecule has 0 bridgehead atoms. The van der Waals surface area contributed by atoms with Gasteiger partial charge in [-0.1, -0.05) is 40.7 Å². The van der Waals surface area contributed by atoms with Gasteiger partial charge in [-0.15, -0.1) is 6.58 Å². The van der Waals surface area contributed by atoms with Crippen LogP contribution in [0.4, 0.5) is 0 Å². The number of rotatable bonds is 7. The van der Waals surface area contributed by atoms with Crippen LogP contribution in [0.25, 0.3) is 0 Å². The van der Waals surface area contributed by atoms with Gasteiger partial charge in [0.1, 0.15) is 5.84 Å². The average Bonchev–Trinajstić information content (AvgIpc) is 2.85. The summed E-state index contributed by atoms with van der Waals surface area (Å²) in [7, 11) is 1.79. The van der Waals surface area contributed by atoms with Gasteiger partial charge < -0.3 is 9.64 Å². The van der Waals surface area contributed by atoms with E-state index in [9.17, 15) is 0 Å². The van der Waals surface area contributed by atoms with E-state index in [1.54, 1.807) is 7.11 Å². The first kappa shape index (κ1) is 19.2. The molecule has 128 valence electrons. The van der Waals surface area contributed by atoms with Crippen molar-refractivity contribution >= 4 is 5.84 Å². The third-order valence-corrected chi connectivity index (χ3v) is 4.28. The lowest BCUT2D eigenvalue weighted by molar-refractivity contribution is 0.141. The first-order valence-corrected chi connectivity index (χ1v) is 8.76. The van der Waals surface area contributed by atoms with Gasteiger partial charge in [0.15, 0.2) is 0 Å². The quantitative estimate of drug-likeness (QED) is 0.392. The molecule has 3 heteroatoms. The van der Waals surface area contributed by atoms with E-state index in [1.165, 1.54) is 25.1 Å². The van der Waals surface area contributed by atoms with E-state index in [0.29, 0.717) is 12.0 Å². The van der Waals surface area contributed by atoms with E-state index < -0.39 is 0 Å². The standard InChI is InChI=1S/C19H36N2O/c1-8-16(12-11-15(2)3)20-18(19(4,5)6)21-13-9-10-17(21)14-22-7/h8,15-17H,1,9-14H2,2-7H3/t16-,17-/m0/s1. The van der Waals surface area contributed by atoms with Gasteiger partial charge in [-0.25, -0.2) is 0 Å². The second-order valence-electron chi connectivity index (χ2n) is 7.92. The Morgan fingerprint density at radius 1 is 1.36 bits per heavy atom. The van der Waals surface area contributed by atoms with E-state index in [1.807, 2.05) is 6.08 Å². The molecular formula is C19H36N2O. The maximum atomic E-state index is 5.41. The topological polar surface area (TPSA) is 24.8 Å². The summed E-state index contributed by atoms with van der Waals surface area (Å²) in [4.78, 5) is 7.60. The Kier molecular flexibility index (Phi) is 7.61. The highest BCUT2D eigenvalue weighted by atomic mass is 16.5. The number of aliphatic imine (C=N–C) groups is 1. The zero-order chi connectivity index (χ0) is 16.8. The van der Waals surface area contributed by atoms with Crippen molar-refractivity contribution in [1.29, 1.82) is 0 Å². The number of likely N-dealkylation sites (tertiary alicyclic amines) is 1. The molecule has 0 aromatic rings. The van der Waals surface area contributed by atoms with E-state index in [2.05, 4.69) is 46.1 Å². The smallest absolute Gasteiger partial charge is 0.105 e. The van der Waals surface area contributed by atoms with Crippen molar-refractivity contribution in [2.45, 2.75) is 72.4 Å². The summed E-state index contributed by atoms with van der Waals surface area (Å²) in [5, 5.41) is 0. The molecule has 1 rings (SSSR count). The maximum absolute atomic E-state index is 5.41. The molecule has 1 aliphatic heterocycles. The third-order valence-electron chi connectivity index (χ3n) is 4.28. The Bertz CT molecular complexity index is 368. The molecule has 1 saturated heterocycles. The van der Waals surface area contributed by atoms with Crippen molar-refractivity contribution in [2.75, 3.05) is 20.3 Å². The number of nitrogens with zero attached hydrogens (tertiary/aromatic N) is 2. The van der Waals surface area contributed by atoms with E-state index in [0.717, 1.165) is 19.6 Å². The molecule has 0 saturated carbocycles. The van der Waals surface area contributed by atoms with Gasteiger partial charge in [-0.2, -0.15) is 0 Å². The van der Waals surface area contributed by atoms with Crippen molar-refractivity contribution in [3.8, 4) is 0 Å². The molecule has 3 nitrogen and oxygen atoms in total. The minimum Gasteiger partial charge on any atom is -0.383 e. The summed E-state index contributed by atoms with van der Waals surface area (Å²) in [6.45, 7) is 17.2. The van der Waals surface area contributed by atoms with E-state index in [4.69, 9.17) is 9.73 Å². The zero-order valence-electron chi connectivity index (χ0n) is 15.6. The molecule has 1 fully saturated rings. The Morgan fingerprint density at radius 3 is 2.55 bits per heavy atom. The van der Waals surface area contributed by atoms with E-state index in [-0.39, 0.29) is 11.5 Å². The molecule has 2 atom stereocenters. The molecule has 0 aromatic carbocycles. The molecule has 22 heavy (non-hydrogen) atoms. The van der Waals surface area contributed by atoms with Crippen molar-refractivity contribution in [2.24, 2.45) is 16.3 Å². The van der Waals surface area contributed by atoms with Crippen LogP contribution in [-0.4, -0.2) is 43.1 Å². The lowest BCUT2D eigenvalue weighted by Gasteiger charge is -2.35. The van der Waals surface area contributed by atoms with Crippen LogP contribution in [0, 0.1) is 11.3 Å². The number of ether oxygens (including phenoxy) is 1. The van der Waals surface area contributed by atoms with Crippen LogP contribution in [0.15, 0.2) is 17.6 Å². The SMILES string of the molecule is C=C[C@@H](CCC(C)C)N=C(N1CCC[C@H]1COC)C(C)(C)C. The monoisotopic (exact) mass is 308 g/mol. The molecule has 0 radical (unpaired) electrons. The van der Waals surface area contributed by atoms with Gasteiger partial charge >= 0.3 is 0 Å². The van der Waals surface area contributed by atoms with Crippen LogP contribution in [0.5, 0.6) is 0 Å². The minimum absolute atomic E-state index is 0.0510. The maximum Gasteiger partial charge on any atom is 0.105 e. The lowest BCUT2D eigenvalue weighted by atomic mass is 9.92. The van der Waals surface area contributed by atoms with Crippen LogP contribution in [0.3, 0.4) is 0 Å². The minimum atomic E-state index is 0.0510. The molecule has 0 aliphatic carbocycles. The summed E-state index contributed by atoms with van der Waals surface area (Å²) in [5.74, 6) is 1.93. The first-order valence-electron chi connectivity index (χ1n) is 8.76. The fourth-order valence-electron chi connectivity index (χ4n) is 3.08. The highest BCUT2D eigenvalue weighted by molar-refractivity contribution is 5.88. The molecule has 0 N–H and O–H groups in total. The van der Waals surface area contributed by atoms with Gasteiger partial charge in [0.05, 0.1) is 18.7 Å². The Morgan fingerprint density at radius 2 is 2.05 bits per heavy atom. The predicted molar refractivity (Wildman–Crippen MR) is 96.6 cm³/mol. The number of methoxy groups -OCH3 is 1. The third kappa shape index (κ3) is 5.75. The molecule has 0 aromatic heterocycles. The normalized spacial score (nSPS) is 21.5. The summed E-state index contributed by atoms with van der Waals surface area (Å²) in [6.07, 6.45) is 6.72. The van der Waals surface area contributed by atoms with Crippen LogP contribution in [-0.2, 0) is 4.74 Å². The van der Waals surface area contributed by atoms with Gasteiger partial charge in [0.2, 0.25) is 0 Å². The summed E-state index contributed by atoms with van der Waals surface area (Å²) in [6, 6.07) is 0.693. The highest BCUT2D eigenvalue weighted by Gasteiger charge is 2.33. The summed E-state index contributed by atoms with van der Waals surface area (Å²) >= 11 is 0. The Labute approximate surface area is 137 Å². The van der Waals surface area contributed by atoms with Crippen LogP contribution in [0.1, 0.15) is 60.3 Å². The van der Waals surface area contributed by atoms with Gasteiger partial charge in [0.25, 0.3) is 0 Å². The zero-order valence-corrected chi connectivity index (χ0v) is 15.6. The predicted octanol–water partition coefficient (Wildman–Crippen LogP) is 4.53. The van der Waals surface area contributed by atoms with Gasteiger partial charge in [-0.3, -0.25) is 4.99 Å². The Hall–Kier alpha value is -0.830. The van der Waals surface area contributed by atoms with Crippen molar-refractivity contribution in [3.63, 3.8) is 0 Å². The van der Waals surface area contributed by atoms with Crippen LogP contribution < -0.4 is 0 Å². The fraction of sp³-hybridized carbons (Fsp3) is 0.842. The van der Waals surface area contributed by atoms with Crippen molar-refractivity contribution in [3.05, 3.63) is 12.7 Å². The Balaban J connectivity index is 2.95. The molecule has 0 unspecified atom stereocenters. The summed E-state index contributed by atoms with van der Waals surface area (Å²) in [5.41, 5.74) is 0.0510. The van der Waals surface area contributed by atoms with E-state index >= 15 is 0 Å². The molecule has 1 aliphatic rings. The summed E-state index contributed by atoms with van der Waals surface area (Å²) < 4.78 is 5.41. The number of hydrogen-bond acceptors (Lipinski definition) is 2.